The van der Waals surface area contributed by atoms with Crippen LogP contribution in [0.1, 0.15) is 11.1 Å². The average Bonchev–Trinajstić information content (AvgIpc) is 2.49. The van der Waals surface area contributed by atoms with Crippen molar-refractivity contribution in [1.29, 1.82) is 0 Å². The third kappa shape index (κ3) is 3.17. The van der Waals surface area contributed by atoms with E-state index in [-0.39, 0.29) is 4.90 Å². The van der Waals surface area contributed by atoms with Gasteiger partial charge in [0.15, 0.2) is 0 Å². The second kappa shape index (κ2) is 6.27. The molecule has 0 aromatic heterocycles. The van der Waals surface area contributed by atoms with E-state index in [0.29, 0.717) is 22.7 Å². The highest BCUT2D eigenvalue weighted by molar-refractivity contribution is 7.92. The van der Waals surface area contributed by atoms with Crippen molar-refractivity contribution >= 4 is 15.7 Å². The van der Waals surface area contributed by atoms with Gasteiger partial charge in [-0.25, -0.2) is 8.42 Å². The van der Waals surface area contributed by atoms with Gasteiger partial charge in [0, 0.05) is 6.07 Å². The highest BCUT2D eigenvalue weighted by Gasteiger charge is 2.19. The first kappa shape index (κ1) is 16.2. The van der Waals surface area contributed by atoms with Crippen molar-refractivity contribution in [1.82, 2.24) is 0 Å². The predicted octanol–water partition coefficient (Wildman–Crippen LogP) is 3.12. The molecule has 0 heterocycles. The monoisotopic (exact) mass is 321 g/mol. The van der Waals surface area contributed by atoms with Gasteiger partial charge in [0.25, 0.3) is 10.0 Å². The lowest BCUT2D eigenvalue weighted by Gasteiger charge is -2.14. The first-order chi connectivity index (χ1) is 10.4. The van der Waals surface area contributed by atoms with Crippen LogP contribution in [0.5, 0.6) is 11.5 Å². The van der Waals surface area contributed by atoms with Crippen molar-refractivity contribution in [2.45, 2.75) is 18.7 Å². The summed E-state index contributed by atoms with van der Waals surface area (Å²) in [6.45, 7) is 3.59. The molecular formula is C16H19NO4S. The topological polar surface area (TPSA) is 64.6 Å². The number of sulfonamides is 1. The van der Waals surface area contributed by atoms with Crippen molar-refractivity contribution in [2.75, 3.05) is 18.9 Å². The van der Waals surface area contributed by atoms with Crippen molar-refractivity contribution in [3.8, 4) is 11.5 Å². The molecule has 22 heavy (non-hydrogen) atoms. The fourth-order valence-electron chi connectivity index (χ4n) is 2.18. The van der Waals surface area contributed by atoms with E-state index < -0.39 is 10.0 Å². The van der Waals surface area contributed by atoms with Crippen LogP contribution in [-0.2, 0) is 10.0 Å². The number of anilines is 1. The van der Waals surface area contributed by atoms with Crippen LogP contribution in [0.15, 0.2) is 41.3 Å². The molecule has 2 aromatic rings. The van der Waals surface area contributed by atoms with Gasteiger partial charge in [0.2, 0.25) is 0 Å². The Labute approximate surface area is 130 Å². The Hall–Kier alpha value is -2.21. The molecule has 0 aliphatic heterocycles. The van der Waals surface area contributed by atoms with E-state index in [4.69, 9.17) is 9.47 Å². The zero-order chi connectivity index (χ0) is 16.3. The van der Waals surface area contributed by atoms with Crippen LogP contribution in [0.4, 0.5) is 5.69 Å². The lowest BCUT2D eigenvalue weighted by atomic mass is 10.1. The molecule has 0 amide bonds. The summed E-state index contributed by atoms with van der Waals surface area (Å²) in [5.74, 6) is 1.25. The molecule has 0 saturated carbocycles. The van der Waals surface area contributed by atoms with Crippen LogP contribution in [0, 0.1) is 13.8 Å². The summed E-state index contributed by atoms with van der Waals surface area (Å²) in [6, 6.07) is 9.98. The van der Waals surface area contributed by atoms with Gasteiger partial charge in [0.05, 0.1) is 24.8 Å². The van der Waals surface area contributed by atoms with Gasteiger partial charge in [-0.1, -0.05) is 6.07 Å². The maximum absolute atomic E-state index is 12.6. The van der Waals surface area contributed by atoms with E-state index in [1.807, 2.05) is 6.92 Å². The van der Waals surface area contributed by atoms with Crippen molar-refractivity contribution in [2.24, 2.45) is 0 Å². The number of hydrogen-bond donors (Lipinski definition) is 1. The summed E-state index contributed by atoms with van der Waals surface area (Å²) in [7, 11) is -0.585. The molecule has 0 aliphatic carbocycles. The van der Waals surface area contributed by atoms with Crippen LogP contribution >= 0.6 is 0 Å². The third-order valence-electron chi connectivity index (χ3n) is 3.52. The third-order valence-corrected chi connectivity index (χ3v) is 5.04. The highest BCUT2D eigenvalue weighted by atomic mass is 32.2. The molecule has 0 spiro atoms. The van der Waals surface area contributed by atoms with E-state index in [2.05, 4.69) is 4.72 Å². The molecule has 5 nitrogen and oxygen atoms in total. The molecule has 0 unspecified atom stereocenters. The maximum atomic E-state index is 12.6. The van der Waals surface area contributed by atoms with Crippen LogP contribution in [0.3, 0.4) is 0 Å². The predicted molar refractivity (Wildman–Crippen MR) is 86.3 cm³/mol. The normalized spacial score (nSPS) is 11.1. The number of ether oxygens (including phenoxy) is 2. The molecule has 2 rings (SSSR count). The molecule has 0 radical (unpaired) electrons. The van der Waals surface area contributed by atoms with Crippen LogP contribution < -0.4 is 14.2 Å². The Kier molecular flexibility index (Phi) is 4.61. The minimum Gasteiger partial charge on any atom is -0.497 e. The Morgan fingerprint density at radius 1 is 0.955 bits per heavy atom. The number of nitrogens with one attached hydrogen (secondary N) is 1. The quantitative estimate of drug-likeness (QED) is 0.919. The Bertz CT molecular complexity index is 785. The summed E-state index contributed by atoms with van der Waals surface area (Å²) in [5, 5.41) is 0. The minimum atomic E-state index is -3.68. The zero-order valence-electron chi connectivity index (χ0n) is 13.0. The molecular weight excluding hydrogens is 302 g/mol. The van der Waals surface area contributed by atoms with Crippen molar-refractivity contribution in [3.05, 3.63) is 47.5 Å². The molecule has 0 saturated heterocycles. The minimum absolute atomic E-state index is 0.230. The second-order valence-corrected chi connectivity index (χ2v) is 6.50. The first-order valence-electron chi connectivity index (χ1n) is 6.70. The number of hydrogen-bond acceptors (Lipinski definition) is 4. The number of benzene rings is 2. The van der Waals surface area contributed by atoms with Crippen molar-refractivity contribution in [3.63, 3.8) is 0 Å². The highest BCUT2D eigenvalue weighted by Crippen LogP contribution is 2.28. The number of methoxy groups -OCH3 is 2. The van der Waals surface area contributed by atoms with Crippen LogP contribution in [-0.4, -0.2) is 22.6 Å². The zero-order valence-corrected chi connectivity index (χ0v) is 13.8. The summed E-state index contributed by atoms with van der Waals surface area (Å²) >= 11 is 0. The number of rotatable bonds is 5. The maximum Gasteiger partial charge on any atom is 0.262 e. The van der Waals surface area contributed by atoms with Crippen LogP contribution in [0.25, 0.3) is 0 Å². The molecule has 0 bridgehead atoms. The smallest absolute Gasteiger partial charge is 0.262 e. The molecule has 0 fully saturated rings. The average molecular weight is 321 g/mol. The summed E-state index contributed by atoms with van der Waals surface area (Å²) < 4.78 is 38.0. The largest absolute Gasteiger partial charge is 0.497 e. The first-order valence-corrected chi connectivity index (χ1v) is 8.18. The molecule has 1 N–H and O–H groups in total. The summed E-state index contributed by atoms with van der Waals surface area (Å²) in [4.78, 5) is 0.230. The van der Waals surface area contributed by atoms with E-state index in [9.17, 15) is 8.42 Å². The Morgan fingerprint density at radius 3 is 2.32 bits per heavy atom. The van der Waals surface area contributed by atoms with Gasteiger partial charge in [-0.2, -0.15) is 0 Å². The van der Waals surface area contributed by atoms with E-state index in [0.717, 1.165) is 5.56 Å². The fourth-order valence-corrected chi connectivity index (χ4v) is 3.53. The van der Waals surface area contributed by atoms with Gasteiger partial charge < -0.3 is 9.47 Å². The molecule has 118 valence electrons. The van der Waals surface area contributed by atoms with Gasteiger partial charge in [-0.3, -0.25) is 4.72 Å². The van der Waals surface area contributed by atoms with E-state index >= 15 is 0 Å². The van der Waals surface area contributed by atoms with E-state index in [1.165, 1.54) is 7.11 Å². The molecule has 0 atom stereocenters. The van der Waals surface area contributed by atoms with Gasteiger partial charge >= 0.3 is 0 Å². The lowest BCUT2D eigenvalue weighted by molar-refractivity contribution is 0.411. The fraction of sp³-hybridized carbons (Fsp3) is 0.250. The molecule has 6 heteroatoms. The standard InChI is InChI=1S/C16H19NO4S/c1-11-12(2)16(9-8-15(11)21-4)22(18,19)17-13-6-5-7-14(10-13)20-3/h5-10,17H,1-4H3. The van der Waals surface area contributed by atoms with Gasteiger partial charge in [-0.15, -0.1) is 0 Å². The van der Waals surface area contributed by atoms with Gasteiger partial charge in [-0.05, 0) is 49.2 Å². The summed E-state index contributed by atoms with van der Waals surface area (Å²) in [5.41, 5.74) is 1.91. The second-order valence-electron chi connectivity index (χ2n) is 4.85. The lowest BCUT2D eigenvalue weighted by Crippen LogP contribution is -2.15. The molecule has 2 aromatic carbocycles. The van der Waals surface area contributed by atoms with Crippen molar-refractivity contribution < 1.29 is 17.9 Å². The van der Waals surface area contributed by atoms with Gasteiger partial charge in [0.1, 0.15) is 11.5 Å². The molecule has 0 aliphatic rings. The Balaban J connectivity index is 2.40. The SMILES string of the molecule is COc1cccc(NS(=O)(=O)c2ccc(OC)c(C)c2C)c1. The van der Waals surface area contributed by atoms with E-state index in [1.54, 1.807) is 50.4 Å². The summed E-state index contributed by atoms with van der Waals surface area (Å²) in [6.07, 6.45) is 0. The van der Waals surface area contributed by atoms with Crippen LogP contribution in [0.2, 0.25) is 0 Å². The Morgan fingerprint density at radius 2 is 1.68 bits per heavy atom.